The number of aromatic hydroxyl groups is 1. The van der Waals surface area contributed by atoms with E-state index >= 15 is 0 Å². The monoisotopic (exact) mass is 448 g/mol. The first-order chi connectivity index (χ1) is 16.1. The summed E-state index contributed by atoms with van der Waals surface area (Å²) in [7, 11) is 3.32. The second-order valence-electron chi connectivity index (χ2n) is 8.62. The molecule has 1 aliphatic carbocycles. The van der Waals surface area contributed by atoms with E-state index in [4.69, 9.17) is 9.47 Å². The molecule has 3 heterocycles. The van der Waals surface area contributed by atoms with Gasteiger partial charge in [0.15, 0.2) is 5.82 Å². The summed E-state index contributed by atoms with van der Waals surface area (Å²) in [6.45, 7) is 1.88. The lowest BCUT2D eigenvalue weighted by Crippen LogP contribution is -2.49. The highest BCUT2D eigenvalue weighted by Gasteiger charge is 2.33. The largest absolute Gasteiger partial charge is 0.507 e. The average molecular weight is 449 g/mol. The summed E-state index contributed by atoms with van der Waals surface area (Å²) in [5, 5.41) is 31.0. The number of nitrogens with zero attached hydrogens (tertiary/aromatic N) is 5. The fraction of sp³-hybridized carbons (Fsp3) is 0.417. The van der Waals surface area contributed by atoms with Gasteiger partial charge in [-0.3, -0.25) is 0 Å². The zero-order valence-electron chi connectivity index (χ0n) is 18.8. The van der Waals surface area contributed by atoms with Gasteiger partial charge in [-0.15, -0.1) is 15.3 Å². The molecule has 9 heteroatoms. The number of phenols is 1. The maximum absolute atomic E-state index is 10.6. The minimum Gasteiger partial charge on any atom is -0.507 e. The lowest BCUT2D eigenvalue weighted by molar-refractivity contribution is 0.0149. The van der Waals surface area contributed by atoms with Crippen LogP contribution >= 0.6 is 0 Å². The highest BCUT2D eigenvalue weighted by Crippen LogP contribution is 2.33. The van der Waals surface area contributed by atoms with Crippen molar-refractivity contribution in [1.29, 1.82) is 0 Å². The Hall–Kier alpha value is -3.30. The number of benzene rings is 1. The molecular formula is C24H28N6O3. The molecule has 2 aliphatic rings. The first kappa shape index (κ1) is 21.5. The first-order valence-electron chi connectivity index (χ1n) is 11.2. The Labute approximate surface area is 192 Å². The van der Waals surface area contributed by atoms with Crippen LogP contribution in [0.25, 0.3) is 22.4 Å². The minimum atomic E-state index is 0.130. The molecule has 0 spiro atoms. The summed E-state index contributed by atoms with van der Waals surface area (Å²) < 4.78 is 10.5. The van der Waals surface area contributed by atoms with E-state index in [1.54, 1.807) is 32.5 Å². The average Bonchev–Trinajstić information content (AvgIpc) is 3.30. The molecule has 1 unspecified atom stereocenters. The number of methoxy groups -OCH3 is 2. The Morgan fingerprint density at radius 1 is 1.00 bits per heavy atom. The number of anilines is 1. The molecular weight excluding hydrogens is 420 g/mol. The van der Waals surface area contributed by atoms with Crippen LogP contribution in [0.5, 0.6) is 11.6 Å². The lowest BCUT2D eigenvalue weighted by atomic mass is 9.88. The quantitative estimate of drug-likeness (QED) is 0.564. The van der Waals surface area contributed by atoms with Crippen molar-refractivity contribution in [2.24, 2.45) is 0 Å². The van der Waals surface area contributed by atoms with Gasteiger partial charge in [0.05, 0.1) is 25.1 Å². The number of ether oxygens (including phenoxy) is 2. The summed E-state index contributed by atoms with van der Waals surface area (Å²) in [6, 6.07) is 12.1. The zero-order chi connectivity index (χ0) is 22.8. The molecule has 5 rings (SSSR count). The Morgan fingerprint density at radius 2 is 1.88 bits per heavy atom. The van der Waals surface area contributed by atoms with Gasteiger partial charge in [0.2, 0.25) is 5.88 Å². The second kappa shape index (κ2) is 9.29. The Balaban J connectivity index is 1.24. The lowest BCUT2D eigenvalue weighted by Gasteiger charge is -2.36. The molecule has 0 radical (unpaired) electrons. The number of hydrogen-bond donors (Lipinski definition) is 2. The molecule has 1 aliphatic heterocycles. The maximum atomic E-state index is 10.6. The van der Waals surface area contributed by atoms with Crippen LogP contribution in [0, 0.1) is 0 Å². The van der Waals surface area contributed by atoms with Crippen molar-refractivity contribution in [1.82, 2.24) is 25.7 Å². The molecule has 9 nitrogen and oxygen atoms in total. The van der Waals surface area contributed by atoms with Gasteiger partial charge in [-0.1, -0.05) is 6.07 Å². The van der Waals surface area contributed by atoms with Gasteiger partial charge in [0.25, 0.3) is 0 Å². The van der Waals surface area contributed by atoms with Gasteiger partial charge in [0, 0.05) is 49.5 Å². The molecule has 0 bridgehead atoms. The van der Waals surface area contributed by atoms with Crippen LogP contribution in [0.2, 0.25) is 0 Å². The Kier molecular flexibility index (Phi) is 6.06. The molecule has 1 atom stereocenters. The molecule has 1 aromatic carbocycles. The molecule has 2 N–H and O–H groups in total. The van der Waals surface area contributed by atoms with Gasteiger partial charge in [-0.25, -0.2) is 0 Å². The van der Waals surface area contributed by atoms with Crippen LogP contribution in [-0.2, 0) is 4.74 Å². The molecule has 33 heavy (non-hydrogen) atoms. The summed E-state index contributed by atoms with van der Waals surface area (Å²) in [4.78, 5) is 2.26. The number of phenolic OH excluding ortho intramolecular Hbond substituents is 1. The standard InChI is InChI=1S/C24H28N6O3/c1-32-19-11-18(12-19)26-17-7-8-30(14-17)23-6-5-21(27-28-23)20-4-3-15(9-22(20)31)16-10-24(33-2)29-25-13-16/h3-6,9-10,13,17-19,26,31H,7-8,11-12,14H2,1-2H3. The zero-order valence-corrected chi connectivity index (χ0v) is 18.8. The van der Waals surface area contributed by atoms with Crippen LogP contribution in [0.4, 0.5) is 5.82 Å². The highest BCUT2D eigenvalue weighted by atomic mass is 16.5. The molecule has 2 aromatic heterocycles. The van der Waals surface area contributed by atoms with Crippen LogP contribution in [0.3, 0.4) is 0 Å². The van der Waals surface area contributed by atoms with Crippen molar-refractivity contribution in [2.45, 2.75) is 37.5 Å². The molecule has 3 aromatic rings. The van der Waals surface area contributed by atoms with E-state index in [0.29, 0.717) is 35.3 Å². The van der Waals surface area contributed by atoms with Gasteiger partial charge in [-0.2, -0.15) is 5.10 Å². The summed E-state index contributed by atoms with van der Waals surface area (Å²) in [6.07, 6.45) is 5.32. The smallest absolute Gasteiger partial charge is 0.233 e. The predicted molar refractivity (Wildman–Crippen MR) is 124 cm³/mol. The fourth-order valence-electron chi connectivity index (χ4n) is 4.50. The van der Waals surface area contributed by atoms with Gasteiger partial charge in [0.1, 0.15) is 5.75 Å². The van der Waals surface area contributed by atoms with Crippen molar-refractivity contribution in [3.63, 3.8) is 0 Å². The highest BCUT2D eigenvalue weighted by molar-refractivity contribution is 5.74. The van der Waals surface area contributed by atoms with Crippen LogP contribution in [-0.4, -0.2) is 71.0 Å². The number of nitrogens with one attached hydrogen (secondary N) is 1. The van der Waals surface area contributed by atoms with E-state index in [2.05, 4.69) is 30.6 Å². The third kappa shape index (κ3) is 4.60. The van der Waals surface area contributed by atoms with Crippen molar-refractivity contribution in [2.75, 3.05) is 32.2 Å². The predicted octanol–water partition coefficient (Wildman–Crippen LogP) is 2.66. The van der Waals surface area contributed by atoms with Crippen molar-refractivity contribution in [3.05, 3.63) is 42.6 Å². The van der Waals surface area contributed by atoms with E-state index in [9.17, 15) is 5.11 Å². The SMILES string of the molecule is COc1cc(-c2ccc(-c3ccc(N4CCC(NC5CC(OC)C5)C4)nn3)c(O)c2)cnn1. The van der Waals surface area contributed by atoms with E-state index in [1.807, 2.05) is 24.3 Å². The normalized spacial score (nSPS) is 22.2. The van der Waals surface area contributed by atoms with E-state index in [1.165, 1.54) is 0 Å². The number of rotatable bonds is 7. The van der Waals surface area contributed by atoms with Gasteiger partial charge < -0.3 is 24.8 Å². The summed E-state index contributed by atoms with van der Waals surface area (Å²) in [5.74, 6) is 1.41. The summed E-state index contributed by atoms with van der Waals surface area (Å²) in [5.41, 5.74) is 2.88. The topological polar surface area (TPSA) is 106 Å². The number of hydrogen-bond acceptors (Lipinski definition) is 9. The van der Waals surface area contributed by atoms with E-state index in [-0.39, 0.29) is 5.75 Å². The Bertz CT molecular complexity index is 1100. The summed E-state index contributed by atoms with van der Waals surface area (Å²) >= 11 is 0. The maximum Gasteiger partial charge on any atom is 0.233 e. The van der Waals surface area contributed by atoms with Crippen LogP contribution < -0.4 is 15.0 Å². The minimum absolute atomic E-state index is 0.130. The van der Waals surface area contributed by atoms with E-state index < -0.39 is 0 Å². The van der Waals surface area contributed by atoms with Crippen molar-refractivity contribution < 1.29 is 14.6 Å². The van der Waals surface area contributed by atoms with Crippen LogP contribution in [0.15, 0.2) is 42.6 Å². The fourth-order valence-corrected chi connectivity index (χ4v) is 4.50. The first-order valence-corrected chi connectivity index (χ1v) is 11.2. The van der Waals surface area contributed by atoms with Gasteiger partial charge in [-0.05, 0) is 49.1 Å². The van der Waals surface area contributed by atoms with Gasteiger partial charge >= 0.3 is 0 Å². The third-order valence-corrected chi connectivity index (χ3v) is 6.51. The second-order valence-corrected chi connectivity index (χ2v) is 8.62. The molecule has 1 saturated carbocycles. The Morgan fingerprint density at radius 3 is 2.61 bits per heavy atom. The molecule has 0 amide bonds. The van der Waals surface area contributed by atoms with Crippen LogP contribution in [0.1, 0.15) is 19.3 Å². The molecule has 1 saturated heterocycles. The number of aromatic nitrogens is 4. The van der Waals surface area contributed by atoms with Crippen molar-refractivity contribution >= 4 is 5.82 Å². The third-order valence-electron chi connectivity index (χ3n) is 6.51. The van der Waals surface area contributed by atoms with E-state index in [0.717, 1.165) is 49.3 Å². The molecule has 2 fully saturated rings. The van der Waals surface area contributed by atoms with Crippen molar-refractivity contribution in [3.8, 4) is 34.0 Å². The molecule has 172 valence electrons.